The topological polar surface area (TPSA) is 66.8 Å². The summed E-state index contributed by atoms with van der Waals surface area (Å²) in [5, 5.41) is 18.7. The number of ether oxygens (including phenoxy) is 1. The molecule has 30 heavy (non-hydrogen) atoms. The van der Waals surface area contributed by atoms with Crippen molar-refractivity contribution in [2.75, 3.05) is 6.61 Å². The second-order valence-corrected chi connectivity index (χ2v) is 8.13. The van der Waals surface area contributed by atoms with E-state index in [2.05, 4.69) is 19.1 Å². The average molecular weight is 419 g/mol. The summed E-state index contributed by atoms with van der Waals surface area (Å²) in [6, 6.07) is 4.65. The number of esters is 1. The summed E-state index contributed by atoms with van der Waals surface area (Å²) in [6.45, 7) is 2.56. The van der Waals surface area contributed by atoms with Crippen LogP contribution in [0.5, 0.6) is 11.5 Å². The summed E-state index contributed by atoms with van der Waals surface area (Å²) in [5.74, 6) is -0.442. The van der Waals surface area contributed by atoms with Crippen molar-refractivity contribution in [3.05, 3.63) is 35.9 Å². The van der Waals surface area contributed by atoms with E-state index in [1.54, 1.807) is 6.07 Å². The molecule has 0 heterocycles. The zero-order valence-electron chi connectivity index (χ0n) is 18.9. The molecule has 1 aromatic carbocycles. The van der Waals surface area contributed by atoms with E-state index in [-0.39, 0.29) is 17.5 Å². The number of hydrogen-bond acceptors (Lipinski definition) is 4. The van der Waals surface area contributed by atoms with E-state index in [4.69, 9.17) is 4.74 Å². The molecule has 0 radical (unpaired) electrons. The fraction of sp³-hybridized carbons (Fsp3) is 0.654. The van der Waals surface area contributed by atoms with Gasteiger partial charge in [0.05, 0.1) is 6.61 Å². The lowest BCUT2D eigenvalue weighted by Crippen LogP contribution is -2.07. The van der Waals surface area contributed by atoms with Gasteiger partial charge in [0.2, 0.25) is 0 Å². The molecule has 0 atom stereocenters. The zero-order chi connectivity index (χ0) is 21.9. The summed E-state index contributed by atoms with van der Waals surface area (Å²) in [4.78, 5) is 11.8. The van der Waals surface area contributed by atoms with Crippen LogP contribution in [0.15, 0.2) is 30.4 Å². The van der Waals surface area contributed by atoms with Crippen LogP contribution in [-0.2, 0) is 16.0 Å². The number of unbranched alkanes of at least 4 members (excludes halogenated alkanes) is 11. The Morgan fingerprint density at radius 1 is 0.833 bits per heavy atom. The van der Waals surface area contributed by atoms with Crippen molar-refractivity contribution in [2.45, 2.75) is 103 Å². The largest absolute Gasteiger partial charge is 0.504 e. The van der Waals surface area contributed by atoms with Gasteiger partial charge >= 0.3 is 5.97 Å². The summed E-state index contributed by atoms with van der Waals surface area (Å²) < 4.78 is 5.24. The van der Waals surface area contributed by atoms with E-state index in [0.29, 0.717) is 19.4 Å². The van der Waals surface area contributed by atoms with Crippen LogP contribution < -0.4 is 0 Å². The molecular formula is C26H42O4. The molecule has 0 bridgehead atoms. The minimum Gasteiger partial charge on any atom is -0.504 e. The molecule has 170 valence electrons. The first-order chi connectivity index (χ1) is 14.6. The lowest BCUT2D eigenvalue weighted by Gasteiger charge is -2.06. The molecule has 1 aromatic rings. The van der Waals surface area contributed by atoms with Crippen molar-refractivity contribution in [1.82, 2.24) is 0 Å². The minimum atomic E-state index is -0.157. The van der Waals surface area contributed by atoms with E-state index in [1.807, 2.05) is 0 Å². The van der Waals surface area contributed by atoms with E-state index in [1.165, 1.54) is 82.8 Å². The van der Waals surface area contributed by atoms with Crippen molar-refractivity contribution in [2.24, 2.45) is 0 Å². The molecule has 0 aliphatic carbocycles. The van der Waals surface area contributed by atoms with Crippen molar-refractivity contribution >= 4 is 5.97 Å². The Balaban J connectivity index is 1.87. The number of allylic oxidation sites excluding steroid dienone is 2. The second-order valence-electron chi connectivity index (χ2n) is 8.13. The first-order valence-corrected chi connectivity index (χ1v) is 11.9. The van der Waals surface area contributed by atoms with Gasteiger partial charge in [-0.1, -0.05) is 76.5 Å². The molecular weight excluding hydrogens is 376 g/mol. The molecule has 0 spiro atoms. The fourth-order valence-electron chi connectivity index (χ4n) is 3.42. The van der Waals surface area contributed by atoms with Gasteiger partial charge in [0, 0.05) is 12.8 Å². The van der Waals surface area contributed by atoms with Gasteiger partial charge in [-0.3, -0.25) is 4.79 Å². The number of carbonyl (C=O) groups excluding carboxylic acids is 1. The average Bonchev–Trinajstić information content (AvgIpc) is 2.73. The summed E-state index contributed by atoms with van der Waals surface area (Å²) >= 11 is 0. The third-order valence-electron chi connectivity index (χ3n) is 5.34. The smallest absolute Gasteiger partial charge is 0.305 e. The van der Waals surface area contributed by atoms with Crippen LogP contribution in [0.4, 0.5) is 0 Å². The zero-order valence-corrected chi connectivity index (χ0v) is 18.9. The lowest BCUT2D eigenvalue weighted by molar-refractivity contribution is -0.143. The monoisotopic (exact) mass is 418 g/mol. The van der Waals surface area contributed by atoms with Crippen LogP contribution in [0, 0.1) is 0 Å². The number of phenols is 2. The predicted molar refractivity (Wildman–Crippen MR) is 124 cm³/mol. The maximum absolute atomic E-state index is 11.8. The molecule has 4 heteroatoms. The summed E-state index contributed by atoms with van der Waals surface area (Å²) in [7, 11) is 0. The first kappa shape index (κ1) is 26.1. The van der Waals surface area contributed by atoms with Crippen molar-refractivity contribution < 1.29 is 19.7 Å². The lowest BCUT2D eigenvalue weighted by atomic mass is 10.1. The van der Waals surface area contributed by atoms with Crippen molar-refractivity contribution in [3.8, 4) is 11.5 Å². The Kier molecular flexibility index (Phi) is 15.5. The Labute approximate surface area is 183 Å². The highest BCUT2D eigenvalue weighted by Crippen LogP contribution is 2.25. The summed E-state index contributed by atoms with van der Waals surface area (Å²) in [5.41, 5.74) is 0.833. The second kappa shape index (κ2) is 17.9. The molecule has 0 amide bonds. The number of phenolic OH excluding ortho intramolecular Hbond substituents is 2. The molecule has 0 fully saturated rings. The SMILES string of the molecule is CCCCCCCC/C=C\CCCCCCCC(=O)OCCc1ccc(O)c(O)c1. The Hall–Kier alpha value is -1.97. The molecule has 2 N–H and O–H groups in total. The molecule has 0 unspecified atom stereocenters. The fourth-order valence-corrected chi connectivity index (χ4v) is 3.42. The van der Waals surface area contributed by atoms with Crippen molar-refractivity contribution in [3.63, 3.8) is 0 Å². The molecule has 0 aliphatic heterocycles. The van der Waals surface area contributed by atoms with Gasteiger partial charge < -0.3 is 14.9 Å². The van der Waals surface area contributed by atoms with Crippen LogP contribution in [0.2, 0.25) is 0 Å². The number of rotatable bonds is 18. The van der Waals surface area contributed by atoms with Gasteiger partial charge in [-0.15, -0.1) is 0 Å². The molecule has 0 saturated carbocycles. The maximum atomic E-state index is 11.8. The van der Waals surface area contributed by atoms with Gasteiger partial charge in [0.25, 0.3) is 0 Å². The number of benzene rings is 1. The van der Waals surface area contributed by atoms with Gasteiger partial charge in [-0.2, -0.15) is 0 Å². The van der Waals surface area contributed by atoms with Crippen LogP contribution in [-0.4, -0.2) is 22.8 Å². The van der Waals surface area contributed by atoms with Gasteiger partial charge in [-0.05, 0) is 49.8 Å². The third kappa shape index (κ3) is 14.1. The highest BCUT2D eigenvalue weighted by molar-refractivity contribution is 5.69. The van der Waals surface area contributed by atoms with Gasteiger partial charge in [-0.25, -0.2) is 0 Å². The Bertz CT molecular complexity index is 595. The van der Waals surface area contributed by atoms with E-state index < -0.39 is 0 Å². The quantitative estimate of drug-likeness (QED) is 0.114. The molecule has 0 aromatic heterocycles. The normalized spacial score (nSPS) is 11.2. The van der Waals surface area contributed by atoms with E-state index in [9.17, 15) is 15.0 Å². The van der Waals surface area contributed by atoms with Crippen LogP contribution in [0.25, 0.3) is 0 Å². The summed E-state index contributed by atoms with van der Waals surface area (Å²) in [6.07, 6.45) is 21.8. The molecule has 0 saturated heterocycles. The van der Waals surface area contributed by atoms with Gasteiger partial charge in [0.1, 0.15) is 0 Å². The van der Waals surface area contributed by atoms with E-state index >= 15 is 0 Å². The maximum Gasteiger partial charge on any atom is 0.305 e. The van der Waals surface area contributed by atoms with Crippen molar-refractivity contribution in [1.29, 1.82) is 0 Å². The van der Waals surface area contributed by atoms with Crippen LogP contribution in [0.3, 0.4) is 0 Å². The van der Waals surface area contributed by atoms with Crippen LogP contribution in [0.1, 0.15) is 102 Å². The number of hydrogen-bond donors (Lipinski definition) is 2. The number of aromatic hydroxyl groups is 2. The van der Waals surface area contributed by atoms with E-state index in [0.717, 1.165) is 18.4 Å². The van der Waals surface area contributed by atoms with Crippen LogP contribution >= 0.6 is 0 Å². The molecule has 0 aliphatic rings. The minimum absolute atomic E-state index is 0.139. The first-order valence-electron chi connectivity index (χ1n) is 11.9. The Morgan fingerprint density at radius 3 is 2.07 bits per heavy atom. The number of carbonyl (C=O) groups is 1. The Morgan fingerprint density at radius 2 is 1.43 bits per heavy atom. The third-order valence-corrected chi connectivity index (χ3v) is 5.34. The predicted octanol–water partition coefficient (Wildman–Crippen LogP) is 7.22. The van der Waals surface area contributed by atoms with Gasteiger partial charge in [0.15, 0.2) is 11.5 Å². The standard InChI is InChI=1S/C26H42O4/c1-2-3-4-5-6-7-8-9-10-11-12-13-14-15-16-17-26(29)30-21-20-23-18-19-24(27)25(28)22-23/h9-10,18-19,22,27-28H,2-8,11-17,20-21H2,1H3/b10-9-. The highest BCUT2D eigenvalue weighted by atomic mass is 16.5. The molecule has 1 rings (SSSR count). The highest BCUT2D eigenvalue weighted by Gasteiger charge is 2.05. The molecule has 4 nitrogen and oxygen atoms in total.